The molecule has 0 heterocycles. The van der Waals surface area contributed by atoms with Crippen molar-refractivity contribution in [2.75, 3.05) is 5.75 Å². The van der Waals surface area contributed by atoms with Crippen LogP contribution in [0.5, 0.6) is 0 Å². The first-order valence-corrected chi connectivity index (χ1v) is 5.86. The van der Waals surface area contributed by atoms with E-state index in [1.807, 2.05) is 0 Å². The van der Waals surface area contributed by atoms with Crippen molar-refractivity contribution in [2.24, 2.45) is 17.3 Å². The van der Waals surface area contributed by atoms with Crippen molar-refractivity contribution in [2.45, 2.75) is 20.8 Å². The maximum absolute atomic E-state index is 12.0. The molecular formula is C12H16O3S. The van der Waals surface area contributed by atoms with Gasteiger partial charge in [-0.3, -0.25) is 14.4 Å². The predicted octanol–water partition coefficient (Wildman–Crippen LogP) is 1.47. The van der Waals surface area contributed by atoms with Gasteiger partial charge in [0.05, 0.1) is 0 Å². The Morgan fingerprint density at radius 1 is 1.50 bits per heavy atom. The Hall–Kier alpha value is -0.900. The van der Waals surface area contributed by atoms with Crippen LogP contribution >= 0.6 is 12.6 Å². The van der Waals surface area contributed by atoms with Crippen molar-refractivity contribution in [3.05, 3.63) is 12.2 Å². The van der Waals surface area contributed by atoms with E-state index in [0.29, 0.717) is 5.75 Å². The van der Waals surface area contributed by atoms with Gasteiger partial charge >= 0.3 is 0 Å². The van der Waals surface area contributed by atoms with E-state index in [2.05, 4.69) is 12.6 Å². The minimum atomic E-state index is -1.12. The predicted molar refractivity (Wildman–Crippen MR) is 64.4 cm³/mol. The van der Waals surface area contributed by atoms with Gasteiger partial charge in [0, 0.05) is 11.3 Å². The number of rotatable bonds is 3. The molecule has 1 aliphatic carbocycles. The smallest absolute Gasteiger partial charge is 0.173 e. The zero-order valence-corrected chi connectivity index (χ0v) is 10.6. The molecule has 0 spiro atoms. The molecule has 1 rings (SSSR count). The number of hydrogen-bond acceptors (Lipinski definition) is 4. The summed E-state index contributed by atoms with van der Waals surface area (Å²) in [4.78, 5) is 35.5. The summed E-state index contributed by atoms with van der Waals surface area (Å²) < 4.78 is 0. The van der Waals surface area contributed by atoms with E-state index in [0.717, 1.165) is 0 Å². The third-order valence-corrected chi connectivity index (χ3v) is 3.44. The Balaban J connectivity index is 3.05. The highest BCUT2D eigenvalue weighted by Gasteiger charge is 2.43. The van der Waals surface area contributed by atoms with Gasteiger partial charge in [0.15, 0.2) is 17.3 Å². The number of carbonyl (C=O) groups is 3. The highest BCUT2D eigenvalue weighted by molar-refractivity contribution is 7.80. The zero-order valence-electron chi connectivity index (χ0n) is 9.69. The molecule has 0 aromatic heterocycles. The minimum Gasteiger partial charge on any atom is -0.298 e. The summed E-state index contributed by atoms with van der Waals surface area (Å²) >= 11 is 4.02. The van der Waals surface area contributed by atoms with Crippen LogP contribution in [0.25, 0.3) is 0 Å². The third kappa shape index (κ3) is 2.26. The Morgan fingerprint density at radius 3 is 2.56 bits per heavy atom. The van der Waals surface area contributed by atoms with Crippen LogP contribution in [0.2, 0.25) is 0 Å². The van der Waals surface area contributed by atoms with E-state index in [4.69, 9.17) is 0 Å². The van der Waals surface area contributed by atoms with Gasteiger partial charge in [-0.25, -0.2) is 0 Å². The summed E-state index contributed by atoms with van der Waals surface area (Å²) in [6.07, 6.45) is 2.90. The molecule has 0 aromatic carbocycles. The average molecular weight is 240 g/mol. The van der Waals surface area contributed by atoms with E-state index in [-0.39, 0.29) is 17.5 Å². The normalized spacial score (nSPS) is 25.6. The molecule has 1 aliphatic rings. The van der Waals surface area contributed by atoms with Gasteiger partial charge in [0.2, 0.25) is 0 Å². The van der Waals surface area contributed by atoms with Gasteiger partial charge in [-0.15, -0.1) is 0 Å². The van der Waals surface area contributed by atoms with Gasteiger partial charge in [0.25, 0.3) is 0 Å². The second kappa shape index (κ2) is 4.53. The maximum Gasteiger partial charge on any atom is 0.173 e. The molecule has 88 valence electrons. The summed E-state index contributed by atoms with van der Waals surface area (Å²) in [5.74, 6) is -2.17. The first-order chi connectivity index (χ1) is 7.31. The standard InChI is InChI=1S/C12H16O3S/c1-7(6-16)10(14)9-8(13)4-5-12(2,3)11(9)15/h4-5,7,9,16H,6H2,1-3H3. The molecule has 0 saturated carbocycles. The van der Waals surface area contributed by atoms with Gasteiger partial charge in [0.1, 0.15) is 5.92 Å². The lowest BCUT2D eigenvalue weighted by Crippen LogP contribution is -2.43. The fraction of sp³-hybridized carbons (Fsp3) is 0.583. The fourth-order valence-electron chi connectivity index (χ4n) is 1.61. The Bertz CT molecular complexity index is 368. The summed E-state index contributed by atoms with van der Waals surface area (Å²) in [6, 6.07) is 0. The van der Waals surface area contributed by atoms with E-state index in [9.17, 15) is 14.4 Å². The van der Waals surface area contributed by atoms with Gasteiger partial charge < -0.3 is 0 Å². The molecule has 0 N–H and O–H groups in total. The van der Waals surface area contributed by atoms with Crippen molar-refractivity contribution in [3.8, 4) is 0 Å². The zero-order chi connectivity index (χ0) is 12.5. The number of allylic oxidation sites excluding steroid dienone is 2. The number of Topliss-reactive ketones (excluding diaryl/α,β-unsaturated/α-hetero) is 2. The van der Waals surface area contributed by atoms with Crippen LogP contribution in [-0.4, -0.2) is 23.1 Å². The molecule has 2 atom stereocenters. The molecule has 0 radical (unpaired) electrons. The molecule has 0 saturated heterocycles. The average Bonchev–Trinajstić information content (AvgIpc) is 2.23. The molecule has 0 aliphatic heterocycles. The Labute approximate surface area is 101 Å². The van der Waals surface area contributed by atoms with Crippen LogP contribution in [0.1, 0.15) is 20.8 Å². The topological polar surface area (TPSA) is 51.2 Å². The molecule has 0 fully saturated rings. The van der Waals surface area contributed by atoms with Crippen LogP contribution in [0.4, 0.5) is 0 Å². The summed E-state index contributed by atoms with van der Waals surface area (Å²) in [7, 11) is 0. The molecule has 16 heavy (non-hydrogen) atoms. The van der Waals surface area contributed by atoms with Crippen molar-refractivity contribution in [1.82, 2.24) is 0 Å². The second-order valence-electron chi connectivity index (χ2n) is 4.74. The minimum absolute atomic E-state index is 0.307. The summed E-state index contributed by atoms with van der Waals surface area (Å²) in [6.45, 7) is 5.11. The van der Waals surface area contributed by atoms with Gasteiger partial charge in [-0.05, 0) is 25.7 Å². The Morgan fingerprint density at radius 2 is 2.06 bits per heavy atom. The van der Waals surface area contributed by atoms with Crippen molar-refractivity contribution in [3.63, 3.8) is 0 Å². The summed E-state index contributed by atoms with van der Waals surface area (Å²) in [5, 5.41) is 0. The number of hydrogen-bond donors (Lipinski definition) is 1. The monoisotopic (exact) mass is 240 g/mol. The molecule has 4 heteroatoms. The third-order valence-electron chi connectivity index (χ3n) is 2.89. The lowest BCUT2D eigenvalue weighted by Gasteiger charge is -2.28. The lowest BCUT2D eigenvalue weighted by molar-refractivity contribution is -0.143. The Kier molecular flexibility index (Phi) is 3.73. The maximum atomic E-state index is 12.0. The highest BCUT2D eigenvalue weighted by Crippen LogP contribution is 2.30. The van der Waals surface area contributed by atoms with Crippen LogP contribution in [0, 0.1) is 17.3 Å². The number of ketones is 3. The quantitative estimate of drug-likeness (QED) is 0.600. The van der Waals surface area contributed by atoms with Crippen LogP contribution in [0.3, 0.4) is 0 Å². The van der Waals surface area contributed by atoms with E-state index in [1.165, 1.54) is 6.08 Å². The number of thiol groups is 1. The molecule has 0 amide bonds. The largest absolute Gasteiger partial charge is 0.298 e. The van der Waals surface area contributed by atoms with Gasteiger partial charge in [-0.1, -0.05) is 13.0 Å². The van der Waals surface area contributed by atoms with Crippen molar-refractivity contribution < 1.29 is 14.4 Å². The number of carbonyl (C=O) groups excluding carboxylic acids is 3. The fourth-order valence-corrected chi connectivity index (χ4v) is 1.79. The highest BCUT2D eigenvalue weighted by atomic mass is 32.1. The van der Waals surface area contributed by atoms with E-state index >= 15 is 0 Å². The van der Waals surface area contributed by atoms with Crippen LogP contribution in [-0.2, 0) is 14.4 Å². The van der Waals surface area contributed by atoms with E-state index < -0.39 is 17.1 Å². The molecule has 0 bridgehead atoms. The van der Waals surface area contributed by atoms with E-state index in [1.54, 1.807) is 26.8 Å². The molecule has 2 unspecified atom stereocenters. The van der Waals surface area contributed by atoms with Crippen LogP contribution < -0.4 is 0 Å². The second-order valence-corrected chi connectivity index (χ2v) is 5.11. The van der Waals surface area contributed by atoms with Crippen molar-refractivity contribution in [1.29, 1.82) is 0 Å². The molecule has 3 nitrogen and oxygen atoms in total. The first-order valence-electron chi connectivity index (χ1n) is 5.23. The van der Waals surface area contributed by atoms with Crippen LogP contribution in [0.15, 0.2) is 12.2 Å². The van der Waals surface area contributed by atoms with Crippen molar-refractivity contribution >= 4 is 30.0 Å². The SMILES string of the molecule is CC(CS)C(=O)C1C(=O)C=CC(C)(C)C1=O. The first kappa shape index (κ1) is 13.2. The molecule has 0 aromatic rings. The van der Waals surface area contributed by atoms with Gasteiger partial charge in [-0.2, -0.15) is 12.6 Å². The summed E-state index contributed by atoms with van der Waals surface area (Å²) in [5.41, 5.74) is -0.732. The lowest BCUT2D eigenvalue weighted by atomic mass is 9.72. The molecular weight excluding hydrogens is 224 g/mol.